The lowest BCUT2D eigenvalue weighted by molar-refractivity contribution is 0.0635. The van der Waals surface area contributed by atoms with Gasteiger partial charge in [0.05, 0.1) is 15.5 Å². The molecule has 0 saturated heterocycles. The van der Waals surface area contributed by atoms with Crippen molar-refractivity contribution in [3.05, 3.63) is 56.7 Å². The Morgan fingerprint density at radius 2 is 2.14 bits per heavy atom. The van der Waals surface area contributed by atoms with Crippen LogP contribution < -0.4 is 5.32 Å². The van der Waals surface area contributed by atoms with E-state index in [0.717, 1.165) is 10.2 Å². The fourth-order valence-corrected chi connectivity index (χ4v) is 3.02. The fourth-order valence-electron chi connectivity index (χ4n) is 1.89. The number of thiophene rings is 1. The number of benzene rings is 1. The number of carbonyl (C=O) groups is 1. The predicted molar refractivity (Wildman–Crippen MR) is 89.8 cm³/mol. The molecule has 1 unspecified atom stereocenters. The van der Waals surface area contributed by atoms with Gasteiger partial charge in [-0.2, -0.15) is 0 Å². The zero-order valence-corrected chi connectivity index (χ0v) is 14.2. The summed E-state index contributed by atoms with van der Waals surface area (Å²) in [5.41, 5.74) is 1.87. The molecule has 2 rings (SSSR count). The Morgan fingerprint density at radius 1 is 1.38 bits per heavy atom. The van der Waals surface area contributed by atoms with Crippen LogP contribution in [-0.4, -0.2) is 19.1 Å². The van der Waals surface area contributed by atoms with Crippen molar-refractivity contribution in [1.82, 2.24) is 5.32 Å². The van der Waals surface area contributed by atoms with Gasteiger partial charge in [0, 0.05) is 18.5 Å². The standard InChI is InChI=1S/C16H18BrNO2S/c1-12(13-6-3-2-4-7-13)20-9-5-8-18-16(19)14-10-15(17)21-11-14/h2-4,6-7,10-12H,5,8-9H2,1H3,(H,18,19). The number of nitrogens with one attached hydrogen (secondary N) is 1. The van der Waals surface area contributed by atoms with Crippen molar-refractivity contribution >= 4 is 33.2 Å². The topological polar surface area (TPSA) is 38.3 Å². The second-order valence-electron chi connectivity index (χ2n) is 4.67. The van der Waals surface area contributed by atoms with Gasteiger partial charge in [0.1, 0.15) is 0 Å². The highest BCUT2D eigenvalue weighted by molar-refractivity contribution is 9.11. The summed E-state index contributed by atoms with van der Waals surface area (Å²) in [5, 5.41) is 4.73. The Morgan fingerprint density at radius 3 is 2.81 bits per heavy atom. The van der Waals surface area contributed by atoms with Gasteiger partial charge in [-0.25, -0.2) is 0 Å². The summed E-state index contributed by atoms with van der Waals surface area (Å²) in [6.07, 6.45) is 0.878. The van der Waals surface area contributed by atoms with Gasteiger partial charge >= 0.3 is 0 Å². The third kappa shape index (κ3) is 5.26. The molecule has 1 heterocycles. The van der Waals surface area contributed by atoms with E-state index in [4.69, 9.17) is 4.74 Å². The summed E-state index contributed by atoms with van der Waals surface area (Å²) < 4.78 is 6.73. The summed E-state index contributed by atoms with van der Waals surface area (Å²) >= 11 is 4.86. The minimum Gasteiger partial charge on any atom is -0.374 e. The smallest absolute Gasteiger partial charge is 0.252 e. The maximum Gasteiger partial charge on any atom is 0.252 e. The number of ether oxygens (including phenoxy) is 1. The van der Waals surface area contributed by atoms with Gasteiger partial charge in [-0.15, -0.1) is 11.3 Å². The van der Waals surface area contributed by atoms with E-state index >= 15 is 0 Å². The van der Waals surface area contributed by atoms with E-state index in [9.17, 15) is 4.79 Å². The lowest BCUT2D eigenvalue weighted by Crippen LogP contribution is -2.24. The second kappa shape index (κ2) is 8.32. The van der Waals surface area contributed by atoms with Crippen molar-refractivity contribution in [3.8, 4) is 0 Å². The molecule has 0 bridgehead atoms. The number of halogens is 1. The molecule has 1 amide bonds. The van der Waals surface area contributed by atoms with Crippen molar-refractivity contribution in [3.63, 3.8) is 0 Å². The molecule has 3 nitrogen and oxygen atoms in total. The first kappa shape index (κ1) is 16.2. The van der Waals surface area contributed by atoms with E-state index in [1.165, 1.54) is 16.9 Å². The first-order chi connectivity index (χ1) is 10.2. The van der Waals surface area contributed by atoms with E-state index < -0.39 is 0 Å². The Hall–Kier alpha value is -1.17. The van der Waals surface area contributed by atoms with Crippen LogP contribution in [0, 0.1) is 0 Å². The summed E-state index contributed by atoms with van der Waals surface area (Å²) in [6.45, 7) is 3.29. The molecule has 5 heteroatoms. The highest BCUT2D eigenvalue weighted by atomic mass is 79.9. The normalized spacial score (nSPS) is 12.1. The molecule has 1 aromatic heterocycles. The van der Waals surface area contributed by atoms with Crippen LogP contribution in [0.2, 0.25) is 0 Å². The first-order valence-corrected chi connectivity index (χ1v) is 8.53. The maximum atomic E-state index is 11.8. The molecule has 1 atom stereocenters. The van der Waals surface area contributed by atoms with Crippen molar-refractivity contribution in [2.45, 2.75) is 19.4 Å². The molecule has 0 aliphatic heterocycles. The van der Waals surface area contributed by atoms with Crippen molar-refractivity contribution < 1.29 is 9.53 Å². The third-order valence-electron chi connectivity index (χ3n) is 3.07. The zero-order chi connectivity index (χ0) is 15.1. The van der Waals surface area contributed by atoms with Gasteiger partial charge in [-0.1, -0.05) is 30.3 Å². The van der Waals surface area contributed by atoms with Crippen LogP contribution in [0.3, 0.4) is 0 Å². The molecule has 0 saturated carbocycles. The number of hydrogen-bond acceptors (Lipinski definition) is 3. The molecule has 0 radical (unpaired) electrons. The highest BCUT2D eigenvalue weighted by Gasteiger charge is 2.07. The summed E-state index contributed by atoms with van der Waals surface area (Å²) in [5.74, 6) is -0.0342. The van der Waals surface area contributed by atoms with Crippen molar-refractivity contribution in [2.75, 3.05) is 13.2 Å². The van der Waals surface area contributed by atoms with Gasteiger partial charge in [-0.3, -0.25) is 4.79 Å². The van der Waals surface area contributed by atoms with Crippen LogP contribution in [0.1, 0.15) is 35.4 Å². The first-order valence-electron chi connectivity index (χ1n) is 6.85. The van der Waals surface area contributed by atoms with Crippen LogP contribution >= 0.6 is 27.3 Å². The van der Waals surface area contributed by atoms with Crippen LogP contribution in [-0.2, 0) is 4.74 Å². The number of rotatable bonds is 7. The average molecular weight is 368 g/mol. The highest BCUT2D eigenvalue weighted by Crippen LogP contribution is 2.20. The van der Waals surface area contributed by atoms with Gasteiger partial charge in [0.15, 0.2) is 0 Å². The molecule has 2 aromatic rings. The number of hydrogen-bond donors (Lipinski definition) is 1. The lowest BCUT2D eigenvalue weighted by atomic mass is 10.1. The largest absolute Gasteiger partial charge is 0.374 e. The maximum absolute atomic E-state index is 11.8. The lowest BCUT2D eigenvalue weighted by Gasteiger charge is -2.13. The minimum atomic E-state index is -0.0342. The fraction of sp³-hybridized carbons (Fsp3) is 0.312. The molecule has 0 aliphatic rings. The van der Waals surface area contributed by atoms with Crippen LogP contribution in [0.25, 0.3) is 0 Å². The Kier molecular flexibility index (Phi) is 6.42. The molecule has 1 N–H and O–H groups in total. The predicted octanol–water partition coefficient (Wildman–Crippen LogP) is 4.41. The number of carbonyl (C=O) groups excluding carboxylic acids is 1. The third-order valence-corrected chi connectivity index (χ3v) is 4.58. The quantitative estimate of drug-likeness (QED) is 0.736. The Balaban J connectivity index is 1.63. The van der Waals surface area contributed by atoms with E-state index in [1.54, 1.807) is 0 Å². The molecule has 0 aliphatic carbocycles. The van der Waals surface area contributed by atoms with Crippen LogP contribution in [0.15, 0.2) is 45.6 Å². The van der Waals surface area contributed by atoms with Crippen LogP contribution in [0.4, 0.5) is 0 Å². The summed E-state index contributed by atoms with van der Waals surface area (Å²) in [6, 6.07) is 12.0. The van der Waals surface area contributed by atoms with Gasteiger partial charge in [0.25, 0.3) is 5.91 Å². The molecule has 0 fully saturated rings. The van der Waals surface area contributed by atoms with E-state index in [0.29, 0.717) is 18.7 Å². The van der Waals surface area contributed by atoms with Gasteiger partial charge in [0.2, 0.25) is 0 Å². The zero-order valence-electron chi connectivity index (χ0n) is 11.8. The van der Waals surface area contributed by atoms with Gasteiger partial charge in [-0.05, 0) is 40.9 Å². The summed E-state index contributed by atoms with van der Waals surface area (Å²) in [7, 11) is 0. The molecule has 1 aromatic carbocycles. The van der Waals surface area contributed by atoms with E-state index in [-0.39, 0.29) is 12.0 Å². The minimum absolute atomic E-state index is 0.0342. The van der Waals surface area contributed by atoms with E-state index in [2.05, 4.69) is 33.4 Å². The number of amides is 1. The summed E-state index contributed by atoms with van der Waals surface area (Å²) in [4.78, 5) is 11.8. The van der Waals surface area contributed by atoms with E-state index in [1.807, 2.05) is 36.6 Å². The molecular formula is C16H18BrNO2S. The monoisotopic (exact) mass is 367 g/mol. The molecule has 112 valence electrons. The molecular weight excluding hydrogens is 350 g/mol. The molecule has 0 spiro atoms. The Labute approximate surface area is 137 Å². The van der Waals surface area contributed by atoms with Crippen molar-refractivity contribution in [1.29, 1.82) is 0 Å². The average Bonchev–Trinajstić information content (AvgIpc) is 2.94. The second-order valence-corrected chi connectivity index (χ2v) is 6.96. The molecule has 21 heavy (non-hydrogen) atoms. The van der Waals surface area contributed by atoms with Crippen LogP contribution in [0.5, 0.6) is 0 Å². The van der Waals surface area contributed by atoms with Gasteiger partial charge < -0.3 is 10.1 Å². The SMILES string of the molecule is CC(OCCCNC(=O)c1csc(Br)c1)c1ccccc1. The Bertz CT molecular complexity index is 571. The van der Waals surface area contributed by atoms with Crippen molar-refractivity contribution in [2.24, 2.45) is 0 Å².